The van der Waals surface area contributed by atoms with Crippen molar-refractivity contribution in [1.82, 2.24) is 4.98 Å². The monoisotopic (exact) mass is 402 g/mol. The molecule has 5 heteroatoms. The third-order valence-electron chi connectivity index (χ3n) is 4.81. The maximum absolute atomic E-state index is 13.3. The number of hydrogen-bond acceptors (Lipinski definition) is 2. The molecule has 0 atom stereocenters. The minimum atomic E-state index is -0.203. The first-order valence-electron chi connectivity index (χ1n) is 9.26. The van der Waals surface area contributed by atoms with Crippen LogP contribution in [0.15, 0.2) is 83.7 Å². The van der Waals surface area contributed by atoms with E-state index >= 15 is 0 Å². The molecule has 3 aromatic carbocycles. The fraction of sp³-hybridized carbons (Fsp3) is 0.0833. The predicted molar refractivity (Wildman–Crippen MR) is 118 cm³/mol. The van der Waals surface area contributed by atoms with E-state index in [0.717, 1.165) is 22.2 Å². The van der Waals surface area contributed by atoms with E-state index in [-0.39, 0.29) is 18.0 Å². The molecule has 4 aromatic rings. The summed E-state index contributed by atoms with van der Waals surface area (Å²) in [5, 5.41) is 1.50. The van der Waals surface area contributed by atoms with Gasteiger partial charge in [0.1, 0.15) is 0 Å². The molecule has 0 bridgehead atoms. The normalized spacial score (nSPS) is 10.8. The van der Waals surface area contributed by atoms with Gasteiger partial charge in [-0.25, -0.2) is 0 Å². The van der Waals surface area contributed by atoms with E-state index in [1.165, 1.54) is 0 Å². The van der Waals surface area contributed by atoms with E-state index in [2.05, 4.69) is 4.98 Å². The number of hydrogen-bond donors (Lipinski definition) is 1. The summed E-state index contributed by atoms with van der Waals surface area (Å²) < 4.78 is 0. The average Bonchev–Trinajstić information content (AvgIpc) is 2.73. The Kier molecular flexibility index (Phi) is 5.19. The number of fused-ring (bicyclic) bond motifs is 1. The topological polar surface area (TPSA) is 53.2 Å². The van der Waals surface area contributed by atoms with E-state index < -0.39 is 0 Å². The van der Waals surface area contributed by atoms with Gasteiger partial charge >= 0.3 is 0 Å². The van der Waals surface area contributed by atoms with Gasteiger partial charge in [0, 0.05) is 27.4 Å². The zero-order valence-electron chi connectivity index (χ0n) is 15.9. The third-order valence-corrected chi connectivity index (χ3v) is 5.06. The predicted octanol–water partition coefficient (Wildman–Crippen LogP) is 5.34. The molecule has 0 unspecified atom stereocenters. The van der Waals surface area contributed by atoms with Gasteiger partial charge in [-0.05, 0) is 66.9 Å². The van der Waals surface area contributed by atoms with Crippen LogP contribution in [0.2, 0.25) is 5.02 Å². The number of aromatic nitrogens is 1. The highest BCUT2D eigenvalue weighted by molar-refractivity contribution is 6.30. The zero-order valence-corrected chi connectivity index (χ0v) is 16.6. The molecular formula is C24H19ClN2O2. The number of benzene rings is 3. The van der Waals surface area contributed by atoms with Crippen LogP contribution in [0.3, 0.4) is 0 Å². The second-order valence-electron chi connectivity index (χ2n) is 6.95. The minimum absolute atomic E-state index is 0.157. The summed E-state index contributed by atoms with van der Waals surface area (Å²) in [6.45, 7) is 2.16. The van der Waals surface area contributed by atoms with Crippen LogP contribution in [0, 0.1) is 6.92 Å². The molecule has 1 amide bonds. The van der Waals surface area contributed by atoms with Crippen LogP contribution >= 0.6 is 11.6 Å². The van der Waals surface area contributed by atoms with Gasteiger partial charge < -0.3 is 9.88 Å². The molecular weight excluding hydrogens is 384 g/mol. The number of amides is 1. The summed E-state index contributed by atoms with van der Waals surface area (Å²) >= 11 is 5.96. The zero-order chi connectivity index (χ0) is 20.4. The number of H-pyrrole nitrogens is 1. The number of para-hydroxylation sites is 1. The van der Waals surface area contributed by atoms with Gasteiger partial charge in [-0.3, -0.25) is 9.59 Å². The summed E-state index contributed by atoms with van der Waals surface area (Å²) in [5.74, 6) is -0.198. The number of rotatable bonds is 4. The standard InChI is InChI=1S/C24H19ClN2O2/c1-16-7-12-22-18(13-16)14-19(23(28)26-22)15-27(21-5-3-2-4-6-21)24(29)17-8-10-20(25)11-9-17/h2-14H,15H2,1H3,(H,26,28). The summed E-state index contributed by atoms with van der Waals surface area (Å²) in [6, 6.07) is 23.8. The Labute approximate surface area is 173 Å². The number of nitrogens with one attached hydrogen (secondary N) is 1. The molecule has 144 valence electrons. The second kappa shape index (κ2) is 7.94. The van der Waals surface area contributed by atoms with Crippen molar-refractivity contribution < 1.29 is 4.79 Å². The lowest BCUT2D eigenvalue weighted by Gasteiger charge is -2.23. The molecule has 1 N–H and O–H groups in total. The number of carbonyl (C=O) groups excluding carboxylic acids is 1. The van der Waals surface area contributed by atoms with Crippen LogP contribution < -0.4 is 10.5 Å². The first-order valence-corrected chi connectivity index (χ1v) is 9.64. The Balaban J connectivity index is 1.77. The molecule has 4 nitrogen and oxygen atoms in total. The van der Waals surface area contributed by atoms with Crippen LogP contribution in [-0.4, -0.2) is 10.9 Å². The largest absolute Gasteiger partial charge is 0.322 e. The quantitative estimate of drug-likeness (QED) is 0.501. The van der Waals surface area contributed by atoms with Crippen molar-refractivity contribution in [3.8, 4) is 0 Å². The highest BCUT2D eigenvalue weighted by Crippen LogP contribution is 2.21. The molecule has 4 rings (SSSR count). The molecule has 1 heterocycles. The van der Waals surface area contributed by atoms with Gasteiger partial charge in [-0.1, -0.05) is 41.4 Å². The highest BCUT2D eigenvalue weighted by Gasteiger charge is 2.19. The number of aromatic amines is 1. The van der Waals surface area contributed by atoms with Crippen molar-refractivity contribution in [2.75, 3.05) is 4.90 Å². The number of pyridine rings is 1. The molecule has 0 radical (unpaired) electrons. The number of nitrogens with zero attached hydrogens (tertiary/aromatic N) is 1. The lowest BCUT2D eigenvalue weighted by molar-refractivity contribution is 0.0985. The summed E-state index contributed by atoms with van der Waals surface area (Å²) in [7, 11) is 0. The number of carbonyl (C=O) groups is 1. The SMILES string of the molecule is Cc1ccc2[nH]c(=O)c(CN(C(=O)c3ccc(Cl)cc3)c3ccccc3)cc2c1. The second-order valence-corrected chi connectivity index (χ2v) is 7.38. The van der Waals surface area contributed by atoms with Gasteiger partial charge in [0.15, 0.2) is 0 Å². The van der Waals surface area contributed by atoms with Crippen molar-refractivity contribution in [2.45, 2.75) is 13.5 Å². The van der Waals surface area contributed by atoms with Crippen molar-refractivity contribution >= 4 is 34.1 Å². The van der Waals surface area contributed by atoms with Crippen LogP contribution in [0.25, 0.3) is 10.9 Å². The molecule has 0 fully saturated rings. The molecule has 0 aliphatic heterocycles. The third kappa shape index (κ3) is 4.08. The molecule has 0 saturated carbocycles. The average molecular weight is 403 g/mol. The van der Waals surface area contributed by atoms with E-state index in [1.54, 1.807) is 29.2 Å². The maximum atomic E-state index is 13.3. The fourth-order valence-electron chi connectivity index (χ4n) is 3.30. The van der Waals surface area contributed by atoms with Crippen molar-refractivity contribution in [2.24, 2.45) is 0 Å². The minimum Gasteiger partial charge on any atom is -0.322 e. The molecule has 0 saturated heterocycles. The Morgan fingerprint density at radius 3 is 2.41 bits per heavy atom. The lowest BCUT2D eigenvalue weighted by Crippen LogP contribution is -2.32. The van der Waals surface area contributed by atoms with Crippen LogP contribution in [-0.2, 0) is 6.54 Å². The summed E-state index contributed by atoms with van der Waals surface area (Å²) in [5.41, 5.74) is 3.43. The van der Waals surface area contributed by atoms with E-state index in [9.17, 15) is 9.59 Å². The fourth-order valence-corrected chi connectivity index (χ4v) is 3.42. The molecule has 0 aliphatic carbocycles. The number of halogens is 1. The molecule has 0 spiro atoms. The smallest absolute Gasteiger partial charge is 0.258 e. The van der Waals surface area contributed by atoms with E-state index in [4.69, 9.17) is 11.6 Å². The molecule has 0 aliphatic rings. The van der Waals surface area contributed by atoms with Gasteiger partial charge in [0.25, 0.3) is 11.5 Å². The number of anilines is 1. The Morgan fingerprint density at radius 2 is 1.69 bits per heavy atom. The highest BCUT2D eigenvalue weighted by atomic mass is 35.5. The van der Waals surface area contributed by atoms with Gasteiger partial charge in [-0.15, -0.1) is 0 Å². The first-order chi connectivity index (χ1) is 14.0. The lowest BCUT2D eigenvalue weighted by atomic mass is 10.1. The van der Waals surface area contributed by atoms with Crippen LogP contribution in [0.5, 0.6) is 0 Å². The van der Waals surface area contributed by atoms with E-state index in [1.807, 2.05) is 61.5 Å². The van der Waals surface area contributed by atoms with Gasteiger partial charge in [0.05, 0.1) is 6.54 Å². The number of aryl methyl sites for hydroxylation is 1. The van der Waals surface area contributed by atoms with Crippen molar-refractivity contribution in [1.29, 1.82) is 0 Å². The Bertz CT molecular complexity index is 1230. The van der Waals surface area contributed by atoms with Gasteiger partial charge in [-0.2, -0.15) is 0 Å². The summed E-state index contributed by atoms with van der Waals surface area (Å²) in [6.07, 6.45) is 0. The summed E-state index contributed by atoms with van der Waals surface area (Å²) in [4.78, 5) is 30.5. The van der Waals surface area contributed by atoms with Crippen LogP contribution in [0.1, 0.15) is 21.5 Å². The van der Waals surface area contributed by atoms with Crippen LogP contribution in [0.4, 0.5) is 5.69 Å². The van der Waals surface area contributed by atoms with Crippen molar-refractivity contribution in [3.63, 3.8) is 0 Å². The van der Waals surface area contributed by atoms with E-state index in [0.29, 0.717) is 16.1 Å². The van der Waals surface area contributed by atoms with Crippen molar-refractivity contribution in [3.05, 3.63) is 111 Å². The first kappa shape index (κ1) is 19.0. The Hall–Kier alpha value is -3.37. The maximum Gasteiger partial charge on any atom is 0.258 e. The Morgan fingerprint density at radius 1 is 0.966 bits per heavy atom. The molecule has 1 aromatic heterocycles. The molecule has 29 heavy (non-hydrogen) atoms. The van der Waals surface area contributed by atoms with Gasteiger partial charge in [0.2, 0.25) is 0 Å².